The smallest absolute Gasteiger partial charge is 0.416 e. The van der Waals surface area contributed by atoms with Crippen molar-refractivity contribution < 1.29 is 56.3 Å². The van der Waals surface area contributed by atoms with Crippen molar-refractivity contribution in [2.24, 2.45) is 33.5 Å². The molecule has 0 radical (unpaired) electrons. The summed E-state index contributed by atoms with van der Waals surface area (Å²) in [6.07, 6.45) is 5.17. The number of Topliss-reactive ketones (excluding diaryl/α,β-unsaturated/α-hetero) is 1. The largest absolute Gasteiger partial charge is 0.497 e. The van der Waals surface area contributed by atoms with E-state index in [1.54, 1.807) is 50.5 Å². The zero-order chi connectivity index (χ0) is 47.9. The van der Waals surface area contributed by atoms with Crippen molar-refractivity contribution in [2.75, 3.05) is 35.0 Å². The second kappa shape index (κ2) is 16.8. The number of aliphatic hydroxyl groups is 2. The van der Waals surface area contributed by atoms with E-state index in [1.807, 2.05) is 18.2 Å². The Balaban J connectivity index is 1.10. The second-order valence-corrected chi connectivity index (χ2v) is 20.2. The fourth-order valence-corrected chi connectivity index (χ4v) is 13.4. The molecule has 1 aromatic heterocycles. The van der Waals surface area contributed by atoms with E-state index in [0.29, 0.717) is 72.7 Å². The van der Waals surface area contributed by atoms with E-state index in [0.717, 1.165) is 30.2 Å². The summed E-state index contributed by atoms with van der Waals surface area (Å²) in [5.41, 5.74) is -3.06. The standard InChI is InChI=1S/C53H57ClF3NO9/c1-48-18-15-34(59)27-50(48)21-22-52(37(28-50)47(61)41-14-13-39(67-41)36-25-33(53(55,56)57)9-11-38(36)54)44(48)16-19-49(2)45(52)17-20-51(49,62)30-58(29-32-8-10-35(63-3)26-42(32)65-5)46(60)24-31-7-12-40(64-4)43(23-31)66-6/h7-14,21-23,25-26,28,34,44-45,59,62H,15-20,24,27,29-30H2,1-6H3. The first-order chi connectivity index (χ1) is 31.8. The van der Waals surface area contributed by atoms with Crippen molar-refractivity contribution in [3.05, 3.63) is 118 Å². The third-order valence-corrected chi connectivity index (χ3v) is 17.1. The average Bonchev–Trinajstić information content (AvgIpc) is 3.90. The molecule has 10 nitrogen and oxygen atoms in total. The van der Waals surface area contributed by atoms with Gasteiger partial charge in [0.1, 0.15) is 17.3 Å². The number of halogens is 4. The summed E-state index contributed by atoms with van der Waals surface area (Å²) in [4.78, 5) is 31.8. The van der Waals surface area contributed by atoms with Gasteiger partial charge in [-0.2, -0.15) is 13.2 Å². The summed E-state index contributed by atoms with van der Waals surface area (Å²) in [6.45, 7) is 4.49. The normalized spacial score (nSPS) is 30.4. The molecule has 67 heavy (non-hydrogen) atoms. The Morgan fingerprint density at radius 2 is 1.54 bits per heavy atom. The Bertz CT molecular complexity index is 2680. The van der Waals surface area contributed by atoms with E-state index in [1.165, 1.54) is 19.2 Å². The number of fused-ring (bicyclic) bond motifs is 1. The van der Waals surface area contributed by atoms with Crippen LogP contribution in [-0.2, 0) is 23.9 Å². The molecule has 4 aromatic rings. The molecule has 3 aromatic carbocycles. The number of ketones is 1. The van der Waals surface area contributed by atoms with Gasteiger partial charge >= 0.3 is 6.18 Å². The van der Waals surface area contributed by atoms with Gasteiger partial charge in [0, 0.05) is 45.6 Å². The minimum absolute atomic E-state index is 0.00825. The number of rotatable bonds is 13. The number of allylic oxidation sites excluding steroid dienone is 4. The van der Waals surface area contributed by atoms with Crippen LogP contribution >= 0.6 is 11.6 Å². The average molecular weight is 944 g/mol. The second-order valence-electron chi connectivity index (χ2n) is 19.8. The Hall–Kier alpha value is -5.24. The molecule has 0 aliphatic heterocycles. The van der Waals surface area contributed by atoms with Crippen LogP contribution in [0.5, 0.6) is 23.0 Å². The summed E-state index contributed by atoms with van der Waals surface area (Å²) in [5.74, 6) is 1.16. The lowest BCUT2D eigenvalue weighted by Crippen LogP contribution is -2.67. The lowest BCUT2D eigenvalue weighted by atomic mass is 9.32. The highest BCUT2D eigenvalue weighted by Crippen LogP contribution is 2.78. The number of amides is 1. The fraction of sp³-hybridized carbons (Fsp3) is 0.472. The highest BCUT2D eigenvalue weighted by Gasteiger charge is 2.74. The highest BCUT2D eigenvalue weighted by molar-refractivity contribution is 6.33. The van der Waals surface area contributed by atoms with Gasteiger partial charge in [-0.05, 0) is 122 Å². The number of methoxy groups -OCH3 is 4. The summed E-state index contributed by atoms with van der Waals surface area (Å²) in [7, 11) is 6.21. The minimum atomic E-state index is -4.62. The number of hydrogen-bond donors (Lipinski definition) is 2. The van der Waals surface area contributed by atoms with E-state index < -0.39 is 45.5 Å². The quantitative estimate of drug-likeness (QED) is 0.0995. The monoisotopic (exact) mass is 943 g/mol. The third-order valence-electron chi connectivity index (χ3n) is 16.8. The maximum absolute atomic E-state index is 15.3. The van der Waals surface area contributed by atoms with Crippen molar-refractivity contribution in [3.8, 4) is 34.3 Å². The number of furan rings is 1. The van der Waals surface area contributed by atoms with E-state index in [4.69, 9.17) is 35.0 Å². The van der Waals surface area contributed by atoms with Gasteiger partial charge in [0.05, 0.1) is 63.7 Å². The molecule has 10 rings (SSSR count). The molecule has 2 bridgehead atoms. The molecule has 356 valence electrons. The van der Waals surface area contributed by atoms with Crippen molar-refractivity contribution in [1.82, 2.24) is 4.90 Å². The van der Waals surface area contributed by atoms with Crippen LogP contribution in [0.25, 0.3) is 11.3 Å². The fourth-order valence-electron chi connectivity index (χ4n) is 13.2. The van der Waals surface area contributed by atoms with Gasteiger partial charge in [-0.25, -0.2) is 0 Å². The Morgan fingerprint density at radius 3 is 2.25 bits per heavy atom. The van der Waals surface area contributed by atoms with Crippen LogP contribution in [0.3, 0.4) is 0 Å². The lowest BCUT2D eigenvalue weighted by molar-refractivity contribution is -0.178. The van der Waals surface area contributed by atoms with Gasteiger partial charge in [0.25, 0.3) is 0 Å². The van der Waals surface area contributed by atoms with Gasteiger partial charge in [-0.15, -0.1) is 0 Å². The molecule has 6 aliphatic carbocycles. The van der Waals surface area contributed by atoms with Gasteiger partial charge < -0.3 is 38.5 Å². The van der Waals surface area contributed by atoms with Crippen LogP contribution < -0.4 is 18.9 Å². The predicted molar refractivity (Wildman–Crippen MR) is 245 cm³/mol. The predicted octanol–water partition coefficient (Wildman–Crippen LogP) is 10.7. The van der Waals surface area contributed by atoms with Crippen molar-refractivity contribution in [1.29, 1.82) is 0 Å². The lowest BCUT2D eigenvalue weighted by Gasteiger charge is -2.71. The molecular weight excluding hydrogens is 887 g/mol. The maximum atomic E-state index is 15.3. The number of nitrogens with zero attached hydrogens (tertiary/aromatic N) is 1. The van der Waals surface area contributed by atoms with Crippen LogP contribution in [0.1, 0.15) is 86.0 Å². The van der Waals surface area contributed by atoms with Crippen LogP contribution in [0.4, 0.5) is 13.2 Å². The van der Waals surface area contributed by atoms with Gasteiger partial charge in [0.2, 0.25) is 11.7 Å². The molecule has 6 aliphatic rings. The van der Waals surface area contributed by atoms with Crippen LogP contribution in [0.2, 0.25) is 5.02 Å². The van der Waals surface area contributed by atoms with Crippen molar-refractivity contribution in [3.63, 3.8) is 0 Å². The summed E-state index contributed by atoms with van der Waals surface area (Å²) in [6, 6.07) is 16.7. The molecule has 0 saturated heterocycles. The molecule has 1 heterocycles. The molecule has 3 fully saturated rings. The summed E-state index contributed by atoms with van der Waals surface area (Å²) >= 11 is 6.43. The maximum Gasteiger partial charge on any atom is 0.416 e. The highest BCUT2D eigenvalue weighted by atomic mass is 35.5. The first-order valence-electron chi connectivity index (χ1n) is 22.8. The topological polar surface area (TPSA) is 128 Å². The van der Waals surface area contributed by atoms with E-state index in [9.17, 15) is 28.2 Å². The number of aliphatic hydroxyl groups excluding tert-OH is 1. The van der Waals surface area contributed by atoms with Crippen molar-refractivity contribution >= 4 is 23.3 Å². The Labute approximate surface area is 393 Å². The first-order valence-corrected chi connectivity index (χ1v) is 23.2. The van der Waals surface area contributed by atoms with Crippen LogP contribution in [0.15, 0.2) is 94.9 Å². The number of hydrogen-bond acceptors (Lipinski definition) is 9. The summed E-state index contributed by atoms with van der Waals surface area (Å²) in [5, 5.41) is 24.7. The van der Waals surface area contributed by atoms with E-state index in [-0.39, 0.29) is 64.8 Å². The zero-order valence-corrected chi connectivity index (χ0v) is 39.4. The van der Waals surface area contributed by atoms with E-state index >= 15 is 4.79 Å². The number of carbonyl (C=O) groups is 2. The molecule has 3 saturated carbocycles. The first kappa shape index (κ1) is 46.9. The zero-order valence-electron chi connectivity index (χ0n) is 38.6. The van der Waals surface area contributed by atoms with Gasteiger partial charge in [-0.3, -0.25) is 9.59 Å². The number of benzene rings is 3. The van der Waals surface area contributed by atoms with Gasteiger partial charge in [0.15, 0.2) is 17.3 Å². The Kier molecular flexibility index (Phi) is 11.7. The molecule has 14 heteroatoms. The minimum Gasteiger partial charge on any atom is -0.497 e. The number of ether oxygens (including phenoxy) is 4. The molecule has 2 N–H and O–H groups in total. The molecule has 2 spiro atoms. The molecule has 8 unspecified atom stereocenters. The Morgan fingerprint density at radius 1 is 0.821 bits per heavy atom. The molecule has 1 amide bonds. The van der Waals surface area contributed by atoms with E-state index in [2.05, 4.69) is 26.0 Å². The van der Waals surface area contributed by atoms with Crippen molar-refractivity contribution in [2.45, 2.75) is 89.6 Å². The molecular formula is C53H57ClF3NO9. The SMILES string of the molecule is COc1ccc(CN(CC2(O)CCC3C45C=CC6(C=C4C(=O)c4ccc(-c7cc(C(F)(F)F)ccc7Cl)o4)CC(O)CCC6(C)C5CCC32C)C(=O)Cc2ccc(OC)c(OC)c2)c(OC)c1. The third kappa shape index (κ3) is 7.37. The number of carbonyl (C=O) groups excluding carboxylic acids is 2. The molecule has 8 atom stereocenters. The van der Waals surface area contributed by atoms with Crippen LogP contribution in [0, 0.1) is 33.5 Å². The van der Waals surface area contributed by atoms with Crippen LogP contribution in [-0.4, -0.2) is 73.5 Å². The van der Waals surface area contributed by atoms with Gasteiger partial charge in [-0.1, -0.05) is 49.7 Å². The number of alkyl halides is 3. The summed E-state index contributed by atoms with van der Waals surface area (Å²) < 4.78 is 69.9.